The molecular weight excluding hydrogens is 756 g/mol. The second kappa shape index (κ2) is 11.0. The van der Waals surface area contributed by atoms with Gasteiger partial charge in [-0.05, 0) is 113 Å². The molecule has 0 amide bonds. The van der Waals surface area contributed by atoms with E-state index in [0.717, 1.165) is 16.6 Å². The minimum atomic E-state index is -2.83. The third kappa shape index (κ3) is 3.98. The van der Waals surface area contributed by atoms with E-state index in [9.17, 15) is 0 Å². The van der Waals surface area contributed by atoms with Gasteiger partial charge in [-0.15, -0.1) is 0 Å². The molecule has 4 aliphatic heterocycles. The summed E-state index contributed by atoms with van der Waals surface area (Å²) in [5, 5.41) is 10.9. The van der Waals surface area contributed by atoms with Crippen molar-refractivity contribution in [2.75, 3.05) is 4.90 Å². The van der Waals surface area contributed by atoms with Crippen molar-refractivity contribution in [2.24, 2.45) is 0 Å². The number of para-hydroxylation sites is 3. The molecular formula is C56H43BN2OSi. The zero-order chi connectivity index (χ0) is 40.9. The standard InChI is InChI=1S/C56H43BN2OSi/c1-55(2,3)32-26-27-43-37(28-32)39-29-33(56(4,5)6)30-40-38-31-41-34-16-7-11-21-45(34)60-54(41)53-50(38)57(59(43)51(39)40)42-19-15-25-49-52(42)58(53)44-20-10-14-24-48(44)61(49)46-22-12-8-17-35(46)36-18-9-13-23-47(36)61/h7-31H,1-6H3. The highest BCUT2D eigenvalue weighted by Crippen LogP contribution is 2.52. The molecule has 0 atom stereocenters. The molecule has 5 heteroatoms. The number of fused-ring (bicyclic) bond motifs is 20. The molecule has 0 N–H and O–H groups in total. The number of hydrogen-bond acceptors (Lipinski definition) is 2. The quantitative estimate of drug-likeness (QED) is 0.143. The van der Waals surface area contributed by atoms with Crippen molar-refractivity contribution in [1.29, 1.82) is 0 Å². The monoisotopic (exact) mass is 798 g/mol. The maximum atomic E-state index is 7.20. The van der Waals surface area contributed by atoms with Crippen LogP contribution in [-0.4, -0.2) is 19.4 Å². The number of nitrogens with zero attached hydrogens (tertiary/aromatic N) is 2. The molecule has 0 unspecified atom stereocenters. The fourth-order valence-electron chi connectivity index (χ4n) is 12.2. The summed E-state index contributed by atoms with van der Waals surface area (Å²) in [6.07, 6.45) is 0. The van der Waals surface area contributed by atoms with E-state index in [-0.39, 0.29) is 17.7 Å². The van der Waals surface area contributed by atoms with Crippen molar-refractivity contribution in [1.82, 2.24) is 4.48 Å². The molecule has 0 saturated carbocycles. The van der Waals surface area contributed by atoms with Crippen LogP contribution in [0.1, 0.15) is 52.7 Å². The number of furan rings is 1. The maximum Gasteiger partial charge on any atom is 0.333 e. The molecule has 4 aliphatic rings. The van der Waals surface area contributed by atoms with Gasteiger partial charge in [-0.2, -0.15) is 0 Å². The first-order valence-electron chi connectivity index (χ1n) is 21.9. The molecule has 0 saturated heterocycles. The van der Waals surface area contributed by atoms with Crippen LogP contribution in [0.15, 0.2) is 156 Å². The van der Waals surface area contributed by atoms with Crippen LogP contribution in [0.4, 0.5) is 17.1 Å². The van der Waals surface area contributed by atoms with Gasteiger partial charge < -0.3 is 13.8 Å². The summed E-state index contributed by atoms with van der Waals surface area (Å²) < 4.78 is 9.93. The smallest absolute Gasteiger partial charge is 0.333 e. The molecule has 8 aromatic carbocycles. The number of anilines is 3. The van der Waals surface area contributed by atoms with Gasteiger partial charge >= 0.3 is 6.85 Å². The average molecular weight is 799 g/mol. The summed E-state index contributed by atoms with van der Waals surface area (Å²) in [6, 6.07) is 58.7. The Morgan fingerprint density at radius 1 is 0.492 bits per heavy atom. The molecule has 0 radical (unpaired) electrons. The van der Waals surface area contributed by atoms with E-state index in [2.05, 4.69) is 203 Å². The van der Waals surface area contributed by atoms with E-state index in [4.69, 9.17) is 4.42 Å². The Balaban J connectivity index is 1.22. The zero-order valence-electron chi connectivity index (χ0n) is 35.3. The van der Waals surface area contributed by atoms with Crippen molar-refractivity contribution in [3.05, 3.63) is 163 Å². The van der Waals surface area contributed by atoms with Crippen molar-refractivity contribution in [3.63, 3.8) is 0 Å². The summed E-state index contributed by atoms with van der Waals surface area (Å²) in [4.78, 5) is 2.65. The van der Waals surface area contributed by atoms with Crippen molar-refractivity contribution in [2.45, 2.75) is 52.4 Å². The largest absolute Gasteiger partial charge is 0.454 e. The van der Waals surface area contributed by atoms with Crippen LogP contribution < -0.4 is 36.6 Å². The second-order valence-corrected chi connectivity index (χ2v) is 23.7. The molecule has 0 fully saturated rings. The highest BCUT2D eigenvalue weighted by atomic mass is 28.3. The van der Waals surface area contributed by atoms with Gasteiger partial charge in [-0.1, -0.05) is 151 Å². The van der Waals surface area contributed by atoms with E-state index >= 15 is 0 Å². The summed E-state index contributed by atoms with van der Waals surface area (Å²) in [6.45, 7) is 14.0. The number of rotatable bonds is 0. The van der Waals surface area contributed by atoms with E-state index in [1.807, 2.05) is 0 Å². The van der Waals surface area contributed by atoms with E-state index in [0.29, 0.717) is 0 Å². The predicted molar refractivity (Wildman–Crippen MR) is 261 cm³/mol. The minimum Gasteiger partial charge on any atom is -0.454 e. The summed E-state index contributed by atoms with van der Waals surface area (Å²) in [5.74, 6) is 0. The van der Waals surface area contributed by atoms with Crippen LogP contribution >= 0.6 is 0 Å². The number of aromatic nitrogens is 1. The Morgan fingerprint density at radius 2 is 1.15 bits per heavy atom. The van der Waals surface area contributed by atoms with Crippen LogP contribution in [0.5, 0.6) is 0 Å². The van der Waals surface area contributed by atoms with E-state index in [1.165, 1.54) is 109 Å². The van der Waals surface area contributed by atoms with Crippen LogP contribution in [0, 0.1) is 0 Å². The minimum absolute atomic E-state index is 0.0129. The predicted octanol–water partition coefficient (Wildman–Crippen LogP) is 10.4. The SMILES string of the molecule is CC(C)(C)c1ccc2c(c1)c1cc(C(C)(C)C)cc3c1n2B1c2cccc4c2N(c2ccccc2[Si]42c4ccccc4-c4ccccc42)c2c1c-3cc1c2oc2ccccc21. The molecule has 14 rings (SSSR count). The summed E-state index contributed by atoms with van der Waals surface area (Å²) >= 11 is 0. The lowest BCUT2D eigenvalue weighted by molar-refractivity contribution is 0.590. The maximum absolute atomic E-state index is 7.20. The van der Waals surface area contributed by atoms with Gasteiger partial charge in [0.2, 0.25) is 0 Å². The van der Waals surface area contributed by atoms with Crippen LogP contribution in [0.25, 0.3) is 66.0 Å². The molecule has 0 bridgehead atoms. The zero-order valence-corrected chi connectivity index (χ0v) is 36.3. The summed E-state index contributed by atoms with van der Waals surface area (Å²) in [7, 11) is -2.83. The van der Waals surface area contributed by atoms with Crippen molar-refractivity contribution >= 4 is 107 Å². The molecule has 2 aromatic heterocycles. The first-order valence-corrected chi connectivity index (χ1v) is 23.9. The molecule has 61 heavy (non-hydrogen) atoms. The second-order valence-electron chi connectivity index (χ2n) is 20.0. The van der Waals surface area contributed by atoms with Gasteiger partial charge in [-0.25, -0.2) is 0 Å². The van der Waals surface area contributed by atoms with Crippen LogP contribution in [0.2, 0.25) is 0 Å². The Kier molecular flexibility index (Phi) is 6.18. The lowest BCUT2D eigenvalue weighted by Gasteiger charge is -2.48. The Labute approximate surface area is 357 Å². The number of hydrogen-bond donors (Lipinski definition) is 0. The molecule has 10 aromatic rings. The van der Waals surface area contributed by atoms with E-state index < -0.39 is 8.07 Å². The van der Waals surface area contributed by atoms with Gasteiger partial charge in [0.05, 0.1) is 5.69 Å². The Hall–Kier alpha value is -6.56. The average Bonchev–Trinajstić information content (AvgIpc) is 3.90. The molecule has 3 nitrogen and oxygen atoms in total. The number of benzene rings is 8. The highest BCUT2D eigenvalue weighted by molar-refractivity contribution is 7.24. The molecule has 1 spiro atoms. The fourth-order valence-corrected chi connectivity index (χ4v) is 17.8. The van der Waals surface area contributed by atoms with Crippen LogP contribution in [0.3, 0.4) is 0 Å². The third-order valence-corrected chi connectivity index (χ3v) is 19.8. The van der Waals surface area contributed by atoms with Crippen molar-refractivity contribution in [3.8, 4) is 22.3 Å². The lowest BCUT2D eigenvalue weighted by atomic mass is 9.45. The molecule has 0 aliphatic carbocycles. The van der Waals surface area contributed by atoms with Gasteiger partial charge in [0.25, 0.3) is 0 Å². The Morgan fingerprint density at radius 3 is 1.90 bits per heavy atom. The van der Waals surface area contributed by atoms with Gasteiger partial charge in [0, 0.05) is 49.5 Å². The highest BCUT2D eigenvalue weighted by Gasteiger charge is 2.57. The fraction of sp³-hybridized carbons (Fsp3) is 0.143. The van der Waals surface area contributed by atoms with Crippen LogP contribution in [-0.2, 0) is 10.8 Å². The first kappa shape index (κ1) is 34.2. The Bertz CT molecular complexity index is 3600. The third-order valence-electron chi connectivity index (χ3n) is 14.8. The van der Waals surface area contributed by atoms with Crippen molar-refractivity contribution < 1.29 is 4.42 Å². The topological polar surface area (TPSA) is 21.3 Å². The van der Waals surface area contributed by atoms with E-state index in [1.54, 1.807) is 0 Å². The molecule has 6 heterocycles. The lowest BCUT2D eigenvalue weighted by Crippen LogP contribution is -2.77. The van der Waals surface area contributed by atoms with Gasteiger partial charge in [-0.3, -0.25) is 0 Å². The first-order chi connectivity index (χ1) is 29.5. The normalized spacial score (nSPS) is 15.1. The van der Waals surface area contributed by atoms with Gasteiger partial charge in [0.1, 0.15) is 5.58 Å². The molecule has 290 valence electrons. The van der Waals surface area contributed by atoms with Gasteiger partial charge in [0.15, 0.2) is 13.7 Å². The summed E-state index contributed by atoms with van der Waals surface area (Å²) in [5.41, 5.74) is 19.0.